The van der Waals surface area contributed by atoms with Crippen molar-refractivity contribution >= 4 is 10.9 Å². The van der Waals surface area contributed by atoms with Gasteiger partial charge >= 0.3 is 6.18 Å². The van der Waals surface area contributed by atoms with E-state index in [9.17, 15) is 18.3 Å². The lowest BCUT2D eigenvalue weighted by Gasteiger charge is -2.38. The number of rotatable bonds is 9. The molecule has 0 saturated carbocycles. The molecule has 2 N–H and O–H groups in total. The van der Waals surface area contributed by atoms with Crippen molar-refractivity contribution in [1.29, 1.82) is 0 Å². The number of nitrogens with one attached hydrogen (secondary N) is 1. The summed E-state index contributed by atoms with van der Waals surface area (Å²) in [5.74, 6) is 1.35. The molecule has 6 nitrogen and oxygen atoms in total. The lowest BCUT2D eigenvalue weighted by atomic mass is 9.72. The predicted octanol–water partition coefficient (Wildman–Crippen LogP) is 7.94. The van der Waals surface area contributed by atoms with Crippen molar-refractivity contribution in [2.75, 3.05) is 7.11 Å². The molecular formula is C33H32F3N3O3. The zero-order valence-electron chi connectivity index (χ0n) is 23.8. The summed E-state index contributed by atoms with van der Waals surface area (Å²) < 4.78 is 55.5. The Balaban J connectivity index is 1.48. The first-order valence-corrected chi connectivity index (χ1v) is 13.5. The lowest BCUT2D eigenvalue weighted by Crippen LogP contribution is -2.51. The highest BCUT2D eigenvalue weighted by atomic mass is 19.4. The second-order valence-corrected chi connectivity index (χ2v) is 11.1. The molecule has 0 aliphatic carbocycles. The molecule has 5 aromatic rings. The Morgan fingerprint density at radius 1 is 0.929 bits per heavy atom. The predicted molar refractivity (Wildman–Crippen MR) is 156 cm³/mol. The van der Waals surface area contributed by atoms with E-state index in [1.807, 2.05) is 30.3 Å². The second kappa shape index (κ2) is 11.1. The molecule has 0 aliphatic rings. The third-order valence-electron chi connectivity index (χ3n) is 7.64. The lowest BCUT2D eigenvalue weighted by molar-refractivity contribution is -0.266. The van der Waals surface area contributed by atoms with Gasteiger partial charge in [0.05, 0.1) is 18.8 Å². The monoisotopic (exact) mass is 575 g/mol. The quantitative estimate of drug-likeness (QED) is 0.187. The van der Waals surface area contributed by atoms with Crippen molar-refractivity contribution in [3.63, 3.8) is 0 Å². The normalized spacial score (nSPS) is 13.6. The van der Waals surface area contributed by atoms with Crippen LogP contribution in [-0.2, 0) is 11.8 Å². The zero-order valence-corrected chi connectivity index (χ0v) is 23.8. The highest BCUT2D eigenvalue weighted by Crippen LogP contribution is 2.46. The minimum absolute atomic E-state index is 0.273. The zero-order chi connectivity index (χ0) is 30.1. The van der Waals surface area contributed by atoms with E-state index in [0.717, 1.165) is 11.1 Å². The second-order valence-electron chi connectivity index (χ2n) is 11.1. The Labute approximate surface area is 242 Å². The van der Waals surface area contributed by atoms with Gasteiger partial charge in [0.25, 0.3) is 0 Å². The molecular weight excluding hydrogens is 543 g/mol. The SMILES string of the molecule is COc1ccc(-c2cccnc2)cc1C(C)(C)CC(O)(Cc1[nH]c2cnc(Oc3ccccc3)cc2c1C)C(F)(F)F. The van der Waals surface area contributed by atoms with Crippen LogP contribution in [0.25, 0.3) is 22.0 Å². The fourth-order valence-electron chi connectivity index (χ4n) is 5.44. The summed E-state index contributed by atoms with van der Waals surface area (Å²) in [6.45, 7) is 5.09. The van der Waals surface area contributed by atoms with Gasteiger partial charge in [-0.05, 0) is 60.2 Å². The van der Waals surface area contributed by atoms with Crippen LogP contribution < -0.4 is 9.47 Å². The summed E-state index contributed by atoms with van der Waals surface area (Å²) >= 11 is 0. The fraction of sp³-hybridized carbons (Fsp3) is 0.273. The Hall–Kier alpha value is -4.37. The number of halogens is 3. The Morgan fingerprint density at radius 2 is 1.69 bits per heavy atom. The van der Waals surface area contributed by atoms with Gasteiger partial charge in [0.2, 0.25) is 5.88 Å². The van der Waals surface area contributed by atoms with Crippen LogP contribution in [0.1, 0.15) is 37.1 Å². The first-order chi connectivity index (χ1) is 19.9. The molecule has 1 atom stereocenters. The van der Waals surface area contributed by atoms with Crippen molar-refractivity contribution in [2.45, 2.75) is 50.8 Å². The minimum atomic E-state index is -4.91. The number of aromatic nitrogens is 3. The molecule has 0 bridgehead atoms. The van der Waals surface area contributed by atoms with E-state index in [2.05, 4.69) is 15.0 Å². The number of aryl methyl sites for hydroxylation is 1. The third-order valence-corrected chi connectivity index (χ3v) is 7.64. The van der Waals surface area contributed by atoms with Crippen LogP contribution in [0, 0.1) is 6.92 Å². The van der Waals surface area contributed by atoms with E-state index in [-0.39, 0.29) is 5.69 Å². The Kier molecular flexibility index (Phi) is 7.72. The highest BCUT2D eigenvalue weighted by molar-refractivity contribution is 5.84. The molecule has 0 radical (unpaired) electrons. The van der Waals surface area contributed by atoms with E-state index in [1.54, 1.807) is 69.6 Å². The molecule has 0 aliphatic heterocycles. The minimum Gasteiger partial charge on any atom is -0.496 e. The molecule has 0 fully saturated rings. The Morgan fingerprint density at radius 3 is 2.36 bits per heavy atom. The maximum Gasteiger partial charge on any atom is 0.417 e. The Bertz CT molecular complexity index is 1690. The van der Waals surface area contributed by atoms with Gasteiger partial charge in [0, 0.05) is 47.1 Å². The molecule has 3 aromatic heterocycles. The fourth-order valence-corrected chi connectivity index (χ4v) is 5.44. The van der Waals surface area contributed by atoms with Crippen LogP contribution in [-0.4, -0.2) is 38.9 Å². The van der Waals surface area contributed by atoms with E-state index in [0.29, 0.717) is 39.4 Å². The van der Waals surface area contributed by atoms with E-state index >= 15 is 0 Å². The first-order valence-electron chi connectivity index (χ1n) is 13.5. The van der Waals surface area contributed by atoms with Crippen LogP contribution in [0.4, 0.5) is 13.2 Å². The number of benzene rings is 2. The van der Waals surface area contributed by atoms with Crippen LogP contribution in [0.15, 0.2) is 85.3 Å². The van der Waals surface area contributed by atoms with E-state index in [4.69, 9.17) is 9.47 Å². The summed E-state index contributed by atoms with van der Waals surface area (Å²) in [6.07, 6.45) is -1.32. The van der Waals surface area contributed by atoms with Crippen molar-refractivity contribution in [3.05, 3.63) is 102 Å². The molecule has 0 amide bonds. The molecule has 2 aromatic carbocycles. The first kappa shape index (κ1) is 29.1. The van der Waals surface area contributed by atoms with Crippen LogP contribution in [0.2, 0.25) is 0 Å². The molecule has 5 rings (SSSR count). The summed E-state index contributed by atoms with van der Waals surface area (Å²) in [7, 11) is 1.48. The van der Waals surface area contributed by atoms with Crippen molar-refractivity contribution in [3.8, 4) is 28.5 Å². The van der Waals surface area contributed by atoms with E-state index in [1.165, 1.54) is 13.3 Å². The van der Waals surface area contributed by atoms with Gasteiger partial charge in [-0.15, -0.1) is 0 Å². The molecule has 9 heteroatoms. The number of fused-ring (bicyclic) bond motifs is 1. The van der Waals surface area contributed by atoms with Gasteiger partial charge in [0.1, 0.15) is 11.5 Å². The molecule has 218 valence electrons. The van der Waals surface area contributed by atoms with Crippen molar-refractivity contribution in [2.24, 2.45) is 0 Å². The number of nitrogens with zero attached hydrogens (tertiary/aromatic N) is 2. The number of aliphatic hydroxyl groups is 1. The van der Waals surface area contributed by atoms with Crippen LogP contribution >= 0.6 is 0 Å². The van der Waals surface area contributed by atoms with Crippen LogP contribution in [0.5, 0.6) is 17.4 Å². The summed E-state index contributed by atoms with van der Waals surface area (Å²) in [6, 6.07) is 19.8. The van der Waals surface area contributed by atoms with Gasteiger partial charge < -0.3 is 19.6 Å². The van der Waals surface area contributed by atoms with Gasteiger partial charge in [0.15, 0.2) is 5.60 Å². The smallest absolute Gasteiger partial charge is 0.417 e. The van der Waals surface area contributed by atoms with Crippen LogP contribution in [0.3, 0.4) is 0 Å². The standard InChI is InChI=1S/C33H32F3N3O3/c1-21-25-16-30(42-24-10-6-5-7-11-24)38-19-28(25)39-27(21)17-32(40,33(34,35)36)20-31(2,3)26-15-22(12-13-29(26)41-4)23-9-8-14-37-18-23/h5-16,18-19,39-40H,17,20H2,1-4H3. The number of alkyl halides is 3. The third kappa shape index (κ3) is 5.83. The number of para-hydroxylation sites is 1. The number of hydrogen-bond acceptors (Lipinski definition) is 5. The summed E-state index contributed by atoms with van der Waals surface area (Å²) in [5.41, 5.74) is -0.611. The average Bonchev–Trinajstić information content (AvgIpc) is 3.26. The number of hydrogen-bond donors (Lipinski definition) is 2. The topological polar surface area (TPSA) is 80.3 Å². The number of methoxy groups -OCH3 is 1. The summed E-state index contributed by atoms with van der Waals surface area (Å²) in [5, 5.41) is 12.1. The maximum absolute atomic E-state index is 14.7. The molecule has 3 heterocycles. The number of ether oxygens (including phenoxy) is 2. The maximum atomic E-state index is 14.7. The van der Waals surface area contributed by atoms with Crippen molar-refractivity contribution < 1.29 is 27.8 Å². The number of aromatic amines is 1. The largest absolute Gasteiger partial charge is 0.496 e. The van der Waals surface area contributed by atoms with E-state index < -0.39 is 30.0 Å². The molecule has 0 spiro atoms. The van der Waals surface area contributed by atoms with Crippen molar-refractivity contribution in [1.82, 2.24) is 15.0 Å². The van der Waals surface area contributed by atoms with Gasteiger partial charge in [-0.1, -0.05) is 44.2 Å². The van der Waals surface area contributed by atoms with Gasteiger partial charge in [-0.2, -0.15) is 13.2 Å². The molecule has 1 unspecified atom stereocenters. The highest BCUT2D eigenvalue weighted by Gasteiger charge is 2.56. The summed E-state index contributed by atoms with van der Waals surface area (Å²) in [4.78, 5) is 11.5. The molecule has 42 heavy (non-hydrogen) atoms. The number of H-pyrrole nitrogens is 1. The average molecular weight is 576 g/mol. The molecule has 0 saturated heterocycles. The number of pyridine rings is 2. The van der Waals surface area contributed by atoms with Gasteiger partial charge in [-0.25, -0.2) is 4.98 Å². The van der Waals surface area contributed by atoms with Gasteiger partial charge in [-0.3, -0.25) is 4.98 Å².